The number of H-pyrrole nitrogens is 1. The third kappa shape index (κ3) is 3.86. The monoisotopic (exact) mass is 434 g/mol. The number of hydrogen-bond donors (Lipinski definition) is 2. The van der Waals surface area contributed by atoms with E-state index >= 15 is 0 Å². The Bertz CT molecular complexity index is 1250. The lowest BCUT2D eigenvalue weighted by Gasteiger charge is -2.13. The van der Waals surface area contributed by atoms with Gasteiger partial charge in [-0.25, -0.2) is 18.4 Å². The van der Waals surface area contributed by atoms with Crippen molar-refractivity contribution in [3.8, 4) is 17.1 Å². The predicted octanol–water partition coefficient (Wildman–Crippen LogP) is 4.21. The third-order valence-electron chi connectivity index (χ3n) is 4.27. The van der Waals surface area contributed by atoms with E-state index < -0.39 is 40.7 Å². The van der Waals surface area contributed by atoms with Crippen LogP contribution < -0.4 is 5.32 Å². The highest BCUT2D eigenvalue weighted by Crippen LogP contribution is 2.34. The highest BCUT2D eigenvalue weighted by molar-refractivity contribution is 6.05. The van der Waals surface area contributed by atoms with E-state index in [1.807, 2.05) is 0 Å². The first-order chi connectivity index (χ1) is 14.8. The Morgan fingerprint density at radius 2 is 1.84 bits per heavy atom. The molecule has 2 aromatic carbocycles. The number of nitrogens with one attached hydrogen (secondary N) is 2. The lowest BCUT2D eigenvalue weighted by molar-refractivity contribution is -0.143. The average Bonchev–Trinajstić information content (AvgIpc) is 3.39. The Hall–Kier alpha value is -4.09. The number of carbonyl (C=O) groups excluding carboxylic acids is 1. The number of nitrogens with zero attached hydrogens (tertiary/aromatic N) is 4. The molecule has 158 valence electrons. The van der Waals surface area contributed by atoms with Crippen molar-refractivity contribution in [1.82, 2.24) is 25.0 Å². The molecule has 2 aromatic heterocycles. The molecule has 0 aliphatic carbocycles. The van der Waals surface area contributed by atoms with Gasteiger partial charge in [-0.2, -0.15) is 23.4 Å². The molecule has 2 heterocycles. The summed E-state index contributed by atoms with van der Waals surface area (Å²) in [5, 5.41) is 11.8. The molecule has 12 heteroatoms. The molecule has 1 amide bonds. The summed E-state index contributed by atoms with van der Waals surface area (Å²) in [7, 11) is 0. The van der Waals surface area contributed by atoms with Crippen molar-refractivity contribution in [1.29, 1.82) is 0 Å². The number of alkyl halides is 3. The smallest absolute Gasteiger partial charge is 0.319 e. The minimum Gasteiger partial charge on any atom is -0.319 e. The summed E-state index contributed by atoms with van der Waals surface area (Å²) in [5.74, 6) is -2.86. The minimum absolute atomic E-state index is 0.266. The number of carbonyl (C=O) groups is 1. The molecule has 2 N–H and O–H groups in total. The first kappa shape index (κ1) is 20.2. The molecule has 0 fully saturated rings. The van der Waals surface area contributed by atoms with Crippen LogP contribution in [-0.2, 0) is 6.18 Å². The van der Waals surface area contributed by atoms with Crippen LogP contribution in [-0.4, -0.2) is 30.9 Å². The number of amides is 1. The Kier molecular flexibility index (Phi) is 4.97. The van der Waals surface area contributed by atoms with E-state index in [2.05, 4.69) is 25.6 Å². The Morgan fingerprint density at radius 3 is 2.48 bits per heavy atom. The average molecular weight is 434 g/mol. The fraction of sp³-hybridized carbons (Fsp3) is 0.0526. The Balaban J connectivity index is 1.69. The maximum absolute atomic E-state index is 14.4. The van der Waals surface area contributed by atoms with Gasteiger partial charge in [-0.1, -0.05) is 12.1 Å². The molecule has 0 unspecified atom stereocenters. The van der Waals surface area contributed by atoms with Crippen LogP contribution in [0.2, 0.25) is 0 Å². The summed E-state index contributed by atoms with van der Waals surface area (Å²) < 4.78 is 69.8. The van der Waals surface area contributed by atoms with Gasteiger partial charge in [0.2, 0.25) is 0 Å². The fourth-order valence-electron chi connectivity index (χ4n) is 2.89. The van der Waals surface area contributed by atoms with Crippen molar-refractivity contribution in [3.05, 3.63) is 77.9 Å². The van der Waals surface area contributed by atoms with Crippen LogP contribution in [0.1, 0.15) is 16.1 Å². The molecule has 0 aliphatic heterocycles. The number of aromatic nitrogens is 5. The largest absolute Gasteiger partial charge is 0.434 e. The molecule has 7 nitrogen and oxygen atoms in total. The van der Waals surface area contributed by atoms with Crippen molar-refractivity contribution in [2.75, 3.05) is 5.32 Å². The van der Waals surface area contributed by atoms with E-state index in [-0.39, 0.29) is 16.2 Å². The molecule has 0 saturated heterocycles. The number of rotatable bonds is 4. The standard InChI is InChI=1S/C19H11F5N6O/c20-12-3-1-2-4-15(12)30-16(19(22,23)24)11(8-27-30)18(31)28-14-6-5-10(7-13(14)21)17-25-9-26-29-17/h1-9H,(H,28,31)(H,25,26,29). The topological polar surface area (TPSA) is 88.5 Å². The van der Waals surface area contributed by atoms with E-state index in [0.29, 0.717) is 11.8 Å². The van der Waals surface area contributed by atoms with Gasteiger partial charge in [0, 0.05) is 5.56 Å². The second-order valence-corrected chi connectivity index (χ2v) is 6.25. The molecule has 0 spiro atoms. The lowest BCUT2D eigenvalue weighted by atomic mass is 10.1. The molecule has 0 radical (unpaired) electrons. The lowest BCUT2D eigenvalue weighted by Crippen LogP contribution is -2.21. The van der Waals surface area contributed by atoms with Crippen molar-refractivity contribution in [3.63, 3.8) is 0 Å². The van der Waals surface area contributed by atoms with Gasteiger partial charge in [-0.3, -0.25) is 9.89 Å². The Morgan fingerprint density at radius 1 is 1.06 bits per heavy atom. The second kappa shape index (κ2) is 7.63. The van der Waals surface area contributed by atoms with Gasteiger partial charge >= 0.3 is 6.18 Å². The van der Waals surface area contributed by atoms with Crippen LogP contribution >= 0.6 is 0 Å². The molecule has 0 bridgehead atoms. The van der Waals surface area contributed by atoms with E-state index in [1.165, 1.54) is 30.6 Å². The molecule has 31 heavy (non-hydrogen) atoms. The van der Waals surface area contributed by atoms with Crippen LogP contribution in [0, 0.1) is 11.6 Å². The summed E-state index contributed by atoms with van der Waals surface area (Å²) in [5.41, 5.74) is -2.92. The van der Waals surface area contributed by atoms with Gasteiger partial charge in [0.05, 0.1) is 17.4 Å². The summed E-state index contributed by atoms with van der Waals surface area (Å²) in [6.07, 6.45) is -3.18. The van der Waals surface area contributed by atoms with Crippen LogP contribution in [0.15, 0.2) is 55.0 Å². The molecule has 0 aliphatic rings. The maximum atomic E-state index is 14.4. The van der Waals surface area contributed by atoms with Crippen LogP contribution in [0.25, 0.3) is 17.1 Å². The number of anilines is 1. The number of para-hydroxylation sites is 1. The van der Waals surface area contributed by atoms with Gasteiger partial charge in [0.1, 0.15) is 23.6 Å². The van der Waals surface area contributed by atoms with E-state index in [1.54, 1.807) is 0 Å². The van der Waals surface area contributed by atoms with Crippen molar-refractivity contribution in [2.45, 2.75) is 6.18 Å². The highest BCUT2D eigenvalue weighted by Gasteiger charge is 2.41. The van der Waals surface area contributed by atoms with Gasteiger partial charge in [0.25, 0.3) is 5.91 Å². The van der Waals surface area contributed by atoms with Gasteiger partial charge in [0.15, 0.2) is 11.5 Å². The van der Waals surface area contributed by atoms with E-state index in [9.17, 15) is 26.7 Å². The first-order valence-electron chi connectivity index (χ1n) is 8.62. The number of hydrogen-bond acceptors (Lipinski definition) is 4. The van der Waals surface area contributed by atoms with Crippen LogP contribution in [0.3, 0.4) is 0 Å². The van der Waals surface area contributed by atoms with Crippen LogP contribution in [0.4, 0.5) is 27.6 Å². The third-order valence-corrected chi connectivity index (χ3v) is 4.27. The summed E-state index contributed by atoms with van der Waals surface area (Å²) in [6, 6.07) is 8.26. The fourth-order valence-corrected chi connectivity index (χ4v) is 2.89. The van der Waals surface area contributed by atoms with Gasteiger partial charge in [-0.05, 0) is 30.3 Å². The number of aromatic amines is 1. The summed E-state index contributed by atoms with van der Waals surface area (Å²) in [4.78, 5) is 16.4. The van der Waals surface area contributed by atoms with Gasteiger partial charge in [-0.15, -0.1) is 0 Å². The van der Waals surface area contributed by atoms with Crippen molar-refractivity contribution in [2.24, 2.45) is 0 Å². The number of benzene rings is 2. The molecule has 4 rings (SSSR count). The van der Waals surface area contributed by atoms with Gasteiger partial charge < -0.3 is 5.32 Å². The minimum atomic E-state index is -5.04. The second-order valence-electron chi connectivity index (χ2n) is 6.25. The van der Waals surface area contributed by atoms with E-state index in [0.717, 1.165) is 18.2 Å². The molecular weight excluding hydrogens is 423 g/mol. The van der Waals surface area contributed by atoms with Crippen LogP contribution in [0.5, 0.6) is 0 Å². The van der Waals surface area contributed by atoms with Crippen molar-refractivity contribution < 1.29 is 26.7 Å². The summed E-state index contributed by atoms with van der Waals surface area (Å²) >= 11 is 0. The zero-order valence-corrected chi connectivity index (χ0v) is 15.3. The molecular formula is C19H11F5N6O. The molecule has 0 saturated carbocycles. The SMILES string of the molecule is O=C(Nc1ccc(-c2ncn[nH]2)cc1F)c1cnn(-c2ccccc2F)c1C(F)(F)F. The zero-order chi connectivity index (χ0) is 22.2. The zero-order valence-electron chi connectivity index (χ0n) is 15.3. The van der Waals surface area contributed by atoms with Crippen molar-refractivity contribution >= 4 is 11.6 Å². The summed E-state index contributed by atoms with van der Waals surface area (Å²) in [6.45, 7) is 0. The Labute approximate surface area is 170 Å². The normalized spacial score (nSPS) is 11.5. The number of halogens is 5. The quantitative estimate of drug-likeness (QED) is 0.471. The maximum Gasteiger partial charge on any atom is 0.434 e. The highest BCUT2D eigenvalue weighted by atomic mass is 19.4. The first-order valence-corrected chi connectivity index (χ1v) is 8.62. The van der Waals surface area contributed by atoms with E-state index in [4.69, 9.17) is 0 Å². The predicted molar refractivity (Wildman–Crippen MR) is 98.3 cm³/mol. The molecule has 0 atom stereocenters. The molecule has 4 aromatic rings.